The van der Waals surface area contributed by atoms with Gasteiger partial charge >= 0.3 is 0 Å². The Morgan fingerprint density at radius 1 is 1.41 bits per heavy atom. The minimum absolute atomic E-state index is 0.00871. The Morgan fingerprint density at radius 2 is 2.27 bits per heavy atom. The van der Waals surface area contributed by atoms with Gasteiger partial charge in [-0.15, -0.1) is 0 Å². The van der Waals surface area contributed by atoms with Crippen molar-refractivity contribution in [2.45, 2.75) is 38.9 Å². The molecule has 1 saturated heterocycles. The van der Waals surface area contributed by atoms with Crippen LogP contribution in [-0.2, 0) is 4.74 Å². The highest BCUT2D eigenvalue weighted by Gasteiger charge is 2.28. The second-order valence-electron chi connectivity index (χ2n) is 5.50. The monoisotopic (exact) mass is 301 g/mol. The van der Waals surface area contributed by atoms with Crippen molar-refractivity contribution < 1.29 is 9.53 Å². The predicted molar refractivity (Wildman–Crippen MR) is 79.3 cm³/mol. The van der Waals surface area contributed by atoms with E-state index in [9.17, 15) is 4.79 Å². The number of aromatic amines is 1. The smallest absolute Gasteiger partial charge is 0.269 e. The third kappa shape index (κ3) is 3.14. The van der Waals surface area contributed by atoms with Crippen LogP contribution in [0.25, 0.3) is 0 Å². The average Bonchev–Trinajstić information content (AvgIpc) is 3.18. The SMILES string of the molecule is Cc1ccc(C(=O)NC[C@H]2CC[C@@H](c3ncn[nH]3)O2)nc1C. The van der Waals surface area contributed by atoms with Gasteiger partial charge in [0.05, 0.1) is 6.10 Å². The van der Waals surface area contributed by atoms with Crippen LogP contribution in [0.3, 0.4) is 0 Å². The van der Waals surface area contributed by atoms with Crippen molar-refractivity contribution in [3.8, 4) is 0 Å². The lowest BCUT2D eigenvalue weighted by atomic mass is 10.2. The zero-order valence-electron chi connectivity index (χ0n) is 12.7. The summed E-state index contributed by atoms with van der Waals surface area (Å²) in [5.74, 6) is 0.569. The van der Waals surface area contributed by atoms with Gasteiger partial charge < -0.3 is 10.1 Å². The van der Waals surface area contributed by atoms with Gasteiger partial charge in [-0.25, -0.2) is 9.97 Å². The highest BCUT2D eigenvalue weighted by atomic mass is 16.5. The second kappa shape index (κ2) is 6.23. The quantitative estimate of drug-likeness (QED) is 0.892. The number of amides is 1. The van der Waals surface area contributed by atoms with Crippen molar-refractivity contribution in [3.63, 3.8) is 0 Å². The van der Waals surface area contributed by atoms with Gasteiger partial charge in [-0.1, -0.05) is 6.07 Å². The number of hydrogen-bond acceptors (Lipinski definition) is 5. The van der Waals surface area contributed by atoms with Crippen LogP contribution in [-0.4, -0.2) is 38.7 Å². The Bertz CT molecular complexity index is 656. The fourth-order valence-electron chi connectivity index (χ4n) is 2.48. The Kier molecular flexibility index (Phi) is 4.15. The van der Waals surface area contributed by atoms with Gasteiger partial charge in [-0.3, -0.25) is 9.89 Å². The van der Waals surface area contributed by atoms with Gasteiger partial charge in [0.25, 0.3) is 5.91 Å². The first-order chi connectivity index (χ1) is 10.6. The van der Waals surface area contributed by atoms with Crippen LogP contribution in [0.15, 0.2) is 18.5 Å². The molecular formula is C15H19N5O2. The molecule has 1 aliphatic rings. The minimum Gasteiger partial charge on any atom is -0.365 e. The summed E-state index contributed by atoms with van der Waals surface area (Å²) in [4.78, 5) is 20.5. The average molecular weight is 301 g/mol. The lowest BCUT2D eigenvalue weighted by Crippen LogP contribution is -2.32. The fraction of sp³-hybridized carbons (Fsp3) is 0.467. The van der Waals surface area contributed by atoms with Gasteiger partial charge in [0.15, 0.2) is 5.82 Å². The summed E-state index contributed by atoms with van der Waals surface area (Å²) < 4.78 is 5.87. The summed E-state index contributed by atoms with van der Waals surface area (Å²) in [7, 11) is 0. The molecule has 7 heteroatoms. The number of nitrogens with one attached hydrogen (secondary N) is 2. The standard InChI is InChI=1S/C15H19N5O2/c1-9-3-5-12(19-10(9)2)15(21)16-7-11-4-6-13(22-11)14-17-8-18-20-14/h3,5,8,11,13H,4,6-7H2,1-2H3,(H,16,21)(H,17,18,20)/t11-,13+/m1/s1. The van der Waals surface area contributed by atoms with Crippen LogP contribution < -0.4 is 5.32 Å². The maximum absolute atomic E-state index is 12.1. The first-order valence-corrected chi connectivity index (χ1v) is 7.36. The minimum atomic E-state index is -0.171. The van der Waals surface area contributed by atoms with Gasteiger partial charge in [0.2, 0.25) is 0 Å². The molecule has 1 amide bonds. The van der Waals surface area contributed by atoms with E-state index >= 15 is 0 Å². The van der Waals surface area contributed by atoms with Crippen molar-refractivity contribution in [1.82, 2.24) is 25.5 Å². The molecule has 0 saturated carbocycles. The van der Waals surface area contributed by atoms with Crippen LogP contribution in [0.1, 0.15) is 46.5 Å². The van der Waals surface area contributed by atoms with Crippen molar-refractivity contribution >= 4 is 5.91 Å². The van der Waals surface area contributed by atoms with Crippen LogP contribution in [0.4, 0.5) is 0 Å². The molecule has 7 nitrogen and oxygen atoms in total. The summed E-state index contributed by atoms with van der Waals surface area (Å²) >= 11 is 0. The highest BCUT2D eigenvalue weighted by molar-refractivity contribution is 5.92. The summed E-state index contributed by atoms with van der Waals surface area (Å²) in [5, 5.41) is 9.53. The molecular weight excluding hydrogens is 282 g/mol. The lowest BCUT2D eigenvalue weighted by Gasteiger charge is -2.13. The molecule has 1 aliphatic heterocycles. The van der Waals surface area contributed by atoms with Crippen molar-refractivity contribution in [3.05, 3.63) is 41.2 Å². The number of rotatable bonds is 4. The van der Waals surface area contributed by atoms with Gasteiger partial charge in [0, 0.05) is 12.2 Å². The largest absolute Gasteiger partial charge is 0.365 e. The summed E-state index contributed by atoms with van der Waals surface area (Å²) in [6.45, 7) is 4.34. The number of aromatic nitrogens is 4. The Morgan fingerprint density at radius 3 is 3.00 bits per heavy atom. The molecule has 1 fully saturated rings. The number of pyridine rings is 1. The van der Waals surface area contributed by atoms with E-state index in [1.807, 2.05) is 19.9 Å². The number of aryl methyl sites for hydroxylation is 2. The molecule has 3 heterocycles. The molecule has 0 aliphatic carbocycles. The Balaban J connectivity index is 1.52. The molecule has 0 unspecified atom stereocenters. The van der Waals surface area contributed by atoms with E-state index in [4.69, 9.17) is 4.74 Å². The highest BCUT2D eigenvalue weighted by Crippen LogP contribution is 2.29. The van der Waals surface area contributed by atoms with E-state index in [2.05, 4.69) is 25.5 Å². The molecule has 0 aromatic carbocycles. The molecule has 0 bridgehead atoms. The summed E-state index contributed by atoms with van der Waals surface area (Å²) in [6.07, 6.45) is 3.15. The number of H-pyrrole nitrogens is 1. The third-order valence-corrected chi connectivity index (χ3v) is 3.92. The maximum atomic E-state index is 12.1. The predicted octanol–water partition coefficient (Wildman–Crippen LogP) is 1.47. The van der Waals surface area contributed by atoms with Gasteiger partial charge in [-0.05, 0) is 38.3 Å². The first-order valence-electron chi connectivity index (χ1n) is 7.36. The van der Waals surface area contributed by atoms with E-state index in [0.29, 0.717) is 12.2 Å². The number of ether oxygens (including phenoxy) is 1. The van der Waals surface area contributed by atoms with E-state index in [-0.39, 0.29) is 18.1 Å². The fourth-order valence-corrected chi connectivity index (χ4v) is 2.48. The van der Waals surface area contributed by atoms with E-state index in [1.165, 1.54) is 6.33 Å². The molecule has 0 radical (unpaired) electrons. The zero-order valence-corrected chi connectivity index (χ0v) is 12.7. The number of carbonyl (C=O) groups excluding carboxylic acids is 1. The normalized spacial score (nSPS) is 21.0. The molecule has 2 N–H and O–H groups in total. The summed E-state index contributed by atoms with van der Waals surface area (Å²) in [5.41, 5.74) is 2.38. The molecule has 2 atom stereocenters. The Hall–Kier alpha value is -2.28. The molecule has 2 aromatic rings. The van der Waals surface area contributed by atoms with E-state index < -0.39 is 0 Å². The van der Waals surface area contributed by atoms with Gasteiger partial charge in [0.1, 0.15) is 18.1 Å². The first kappa shape index (κ1) is 14.6. The van der Waals surface area contributed by atoms with Crippen LogP contribution in [0.2, 0.25) is 0 Å². The second-order valence-corrected chi connectivity index (χ2v) is 5.50. The number of carbonyl (C=O) groups is 1. The van der Waals surface area contributed by atoms with Crippen molar-refractivity contribution in [2.75, 3.05) is 6.54 Å². The van der Waals surface area contributed by atoms with Crippen LogP contribution in [0.5, 0.6) is 0 Å². The topological polar surface area (TPSA) is 92.8 Å². The van der Waals surface area contributed by atoms with Crippen molar-refractivity contribution in [2.24, 2.45) is 0 Å². The molecule has 3 rings (SSSR count). The van der Waals surface area contributed by atoms with E-state index in [0.717, 1.165) is 29.9 Å². The Labute approximate surface area is 128 Å². The third-order valence-electron chi connectivity index (χ3n) is 3.92. The zero-order chi connectivity index (χ0) is 15.5. The van der Waals surface area contributed by atoms with Crippen LogP contribution >= 0.6 is 0 Å². The maximum Gasteiger partial charge on any atom is 0.269 e. The van der Waals surface area contributed by atoms with Crippen LogP contribution in [0, 0.1) is 13.8 Å². The number of nitrogens with zero attached hydrogens (tertiary/aromatic N) is 3. The molecule has 2 aromatic heterocycles. The molecule has 116 valence electrons. The van der Waals surface area contributed by atoms with E-state index in [1.54, 1.807) is 6.07 Å². The number of hydrogen-bond donors (Lipinski definition) is 2. The molecule has 0 spiro atoms. The lowest BCUT2D eigenvalue weighted by molar-refractivity contribution is 0.0392. The molecule has 22 heavy (non-hydrogen) atoms. The van der Waals surface area contributed by atoms with Gasteiger partial charge in [-0.2, -0.15) is 5.10 Å². The summed E-state index contributed by atoms with van der Waals surface area (Å²) in [6, 6.07) is 3.65. The van der Waals surface area contributed by atoms with Crippen molar-refractivity contribution in [1.29, 1.82) is 0 Å².